The van der Waals surface area contributed by atoms with E-state index >= 15 is 0 Å². The van der Waals surface area contributed by atoms with Gasteiger partial charge in [0.05, 0.1) is 15.9 Å². The van der Waals surface area contributed by atoms with Gasteiger partial charge in [-0.3, -0.25) is 9.40 Å². The number of sulfonamides is 1. The van der Waals surface area contributed by atoms with Crippen LogP contribution >= 0.6 is 39.1 Å². The highest BCUT2D eigenvalue weighted by Crippen LogP contribution is 2.28. The lowest BCUT2D eigenvalue weighted by Crippen LogP contribution is -2.17. The highest BCUT2D eigenvalue weighted by Gasteiger charge is 2.22. The quantitative estimate of drug-likeness (QED) is 0.484. The van der Waals surface area contributed by atoms with Crippen LogP contribution in [0.4, 0.5) is 5.82 Å². The van der Waals surface area contributed by atoms with E-state index in [0.29, 0.717) is 32.2 Å². The van der Waals surface area contributed by atoms with Crippen LogP contribution in [0.3, 0.4) is 0 Å². The van der Waals surface area contributed by atoms with Crippen LogP contribution in [0.25, 0.3) is 0 Å². The highest BCUT2D eigenvalue weighted by molar-refractivity contribution is 9.10. The van der Waals surface area contributed by atoms with Crippen molar-refractivity contribution in [2.24, 2.45) is 0 Å². The van der Waals surface area contributed by atoms with Gasteiger partial charge in [-0.05, 0) is 65.5 Å². The third-order valence-corrected chi connectivity index (χ3v) is 6.98. The molecule has 1 N–H and O–H groups in total. The molecule has 3 aromatic rings. The smallest absolute Gasteiger partial charge is 0.263 e. The Balaban J connectivity index is 1.89. The van der Waals surface area contributed by atoms with E-state index in [2.05, 4.69) is 25.8 Å². The predicted octanol–water partition coefficient (Wildman–Crippen LogP) is 5.73. The summed E-state index contributed by atoms with van der Waals surface area (Å²) in [6.07, 6.45) is 1.69. The molecule has 0 unspecified atom stereocenters. The van der Waals surface area contributed by atoms with Crippen LogP contribution in [0.5, 0.6) is 0 Å². The highest BCUT2D eigenvalue weighted by atomic mass is 79.9. The average molecular weight is 503 g/mol. The van der Waals surface area contributed by atoms with E-state index in [-0.39, 0.29) is 10.7 Å². The molecule has 0 amide bonds. The topological polar surface area (TPSA) is 64.0 Å². The van der Waals surface area contributed by atoms with Crippen molar-refractivity contribution in [2.45, 2.75) is 32.2 Å². The molecule has 0 atom stereocenters. The van der Waals surface area contributed by atoms with Crippen molar-refractivity contribution in [1.82, 2.24) is 9.78 Å². The second-order valence-electron chi connectivity index (χ2n) is 6.59. The van der Waals surface area contributed by atoms with Gasteiger partial charge in [-0.1, -0.05) is 47.0 Å². The summed E-state index contributed by atoms with van der Waals surface area (Å²) in [5.74, 6) is 0.212. The van der Waals surface area contributed by atoms with E-state index < -0.39 is 10.0 Å². The van der Waals surface area contributed by atoms with Gasteiger partial charge in [0.25, 0.3) is 10.0 Å². The van der Waals surface area contributed by atoms with Crippen LogP contribution in [-0.2, 0) is 16.6 Å². The molecule has 0 aliphatic heterocycles. The molecule has 0 fully saturated rings. The lowest BCUT2D eigenvalue weighted by Gasteiger charge is -2.13. The van der Waals surface area contributed by atoms with E-state index in [9.17, 15) is 8.42 Å². The zero-order valence-electron chi connectivity index (χ0n) is 15.4. The predicted molar refractivity (Wildman–Crippen MR) is 117 cm³/mol. The summed E-state index contributed by atoms with van der Waals surface area (Å²) < 4.78 is 30.6. The summed E-state index contributed by atoms with van der Waals surface area (Å²) in [6.45, 7) is 5.87. The number of rotatable bonds is 5. The lowest BCUT2D eigenvalue weighted by molar-refractivity contribution is 0.599. The molecule has 1 heterocycles. The third-order valence-electron chi connectivity index (χ3n) is 4.17. The Bertz CT molecular complexity index is 1140. The van der Waals surface area contributed by atoms with Crippen LogP contribution in [0.2, 0.25) is 10.0 Å². The van der Waals surface area contributed by atoms with Gasteiger partial charge < -0.3 is 0 Å². The molecule has 5 nitrogen and oxygen atoms in total. The van der Waals surface area contributed by atoms with E-state index in [1.54, 1.807) is 36.9 Å². The molecule has 9 heteroatoms. The lowest BCUT2D eigenvalue weighted by atomic mass is 10.1. The van der Waals surface area contributed by atoms with Gasteiger partial charge >= 0.3 is 0 Å². The zero-order valence-corrected chi connectivity index (χ0v) is 19.3. The molecule has 1 aromatic heterocycles. The molecule has 2 aromatic carbocycles. The van der Waals surface area contributed by atoms with Crippen LogP contribution in [0, 0.1) is 20.8 Å². The van der Waals surface area contributed by atoms with E-state index in [4.69, 9.17) is 23.2 Å². The van der Waals surface area contributed by atoms with Crippen LogP contribution in [-0.4, -0.2) is 18.2 Å². The van der Waals surface area contributed by atoms with E-state index in [0.717, 1.165) is 11.1 Å². The zero-order chi connectivity index (χ0) is 20.6. The monoisotopic (exact) mass is 501 g/mol. The van der Waals surface area contributed by atoms with Crippen molar-refractivity contribution in [3.8, 4) is 0 Å². The van der Waals surface area contributed by atoms with Gasteiger partial charge in [-0.25, -0.2) is 8.42 Å². The molecule has 28 heavy (non-hydrogen) atoms. The van der Waals surface area contributed by atoms with Gasteiger partial charge in [0.2, 0.25) is 0 Å². The normalized spacial score (nSPS) is 11.6. The minimum atomic E-state index is -3.79. The maximum Gasteiger partial charge on any atom is 0.263 e. The Morgan fingerprint density at radius 3 is 2.36 bits per heavy atom. The van der Waals surface area contributed by atoms with Crippen molar-refractivity contribution in [3.63, 3.8) is 0 Å². The minimum Gasteiger partial charge on any atom is -0.265 e. The average Bonchev–Trinajstić information content (AvgIpc) is 2.87. The van der Waals surface area contributed by atoms with Crippen LogP contribution in [0.15, 0.2) is 45.9 Å². The first-order valence-electron chi connectivity index (χ1n) is 8.34. The van der Waals surface area contributed by atoms with Crippen molar-refractivity contribution in [1.29, 1.82) is 0 Å². The molecule has 0 aliphatic rings. The largest absolute Gasteiger partial charge is 0.265 e. The summed E-state index contributed by atoms with van der Waals surface area (Å²) in [5.41, 5.74) is 3.21. The number of nitrogens with one attached hydrogen (secondary N) is 1. The number of benzene rings is 2. The number of aromatic nitrogens is 2. The van der Waals surface area contributed by atoms with Gasteiger partial charge in [-0.15, -0.1) is 0 Å². The summed E-state index contributed by atoms with van der Waals surface area (Å²) in [6, 6.07) is 8.90. The molecule has 3 rings (SSSR count). The summed E-state index contributed by atoms with van der Waals surface area (Å²) in [5, 5.41) is 5.41. The SMILES string of the molecule is Cc1cc(C)c(S(=O)(=O)Nc2nn(Cc3ccc(Cl)cc3Cl)cc2Br)c(C)c1. The Hall–Kier alpha value is -1.54. The molecule has 0 radical (unpaired) electrons. The Kier molecular flexibility index (Phi) is 6.10. The van der Waals surface area contributed by atoms with Gasteiger partial charge in [0.15, 0.2) is 5.82 Å². The second kappa shape index (κ2) is 8.06. The van der Waals surface area contributed by atoms with Crippen molar-refractivity contribution in [3.05, 3.63) is 73.3 Å². The second-order valence-corrected chi connectivity index (χ2v) is 9.91. The first-order chi connectivity index (χ1) is 13.1. The fraction of sp³-hybridized carbons (Fsp3) is 0.211. The first-order valence-corrected chi connectivity index (χ1v) is 11.4. The van der Waals surface area contributed by atoms with Crippen molar-refractivity contribution >= 4 is 55.0 Å². The molecule has 0 bridgehead atoms. The van der Waals surface area contributed by atoms with Gasteiger partial charge in [0, 0.05) is 16.2 Å². The number of hydrogen-bond donors (Lipinski definition) is 1. The third kappa shape index (κ3) is 4.54. The molecule has 0 aliphatic carbocycles. The summed E-state index contributed by atoms with van der Waals surface area (Å²) >= 11 is 15.5. The number of aryl methyl sites for hydroxylation is 3. The minimum absolute atomic E-state index is 0.212. The van der Waals surface area contributed by atoms with Gasteiger partial charge in [-0.2, -0.15) is 5.10 Å². The molecule has 0 spiro atoms. The van der Waals surface area contributed by atoms with Crippen molar-refractivity contribution < 1.29 is 8.42 Å². The van der Waals surface area contributed by atoms with E-state index in [1.165, 1.54) is 0 Å². The molecule has 148 valence electrons. The molecule has 0 saturated heterocycles. The van der Waals surface area contributed by atoms with E-state index in [1.807, 2.05) is 25.1 Å². The maximum absolute atomic E-state index is 12.9. The Morgan fingerprint density at radius 2 is 1.75 bits per heavy atom. The summed E-state index contributed by atoms with van der Waals surface area (Å²) in [4.78, 5) is 0.264. The number of nitrogens with zero attached hydrogens (tertiary/aromatic N) is 2. The molecular formula is C19H18BrCl2N3O2S. The summed E-state index contributed by atoms with van der Waals surface area (Å²) in [7, 11) is -3.79. The van der Waals surface area contributed by atoms with Crippen LogP contribution < -0.4 is 4.72 Å². The number of halogens is 3. The number of hydrogen-bond acceptors (Lipinski definition) is 3. The number of anilines is 1. The fourth-order valence-electron chi connectivity index (χ4n) is 3.14. The van der Waals surface area contributed by atoms with Crippen LogP contribution in [0.1, 0.15) is 22.3 Å². The maximum atomic E-state index is 12.9. The van der Waals surface area contributed by atoms with Gasteiger partial charge in [0.1, 0.15) is 0 Å². The molecular weight excluding hydrogens is 485 g/mol. The molecule has 0 saturated carbocycles. The Morgan fingerprint density at radius 1 is 1.11 bits per heavy atom. The fourth-order valence-corrected chi connectivity index (χ4v) is 5.63. The standard InChI is InChI=1S/C19H18BrCl2N3O2S/c1-11-6-12(2)18(13(3)7-11)28(26,27)24-19-16(20)10-25(23-19)9-14-4-5-15(21)8-17(14)22/h4-8,10H,9H2,1-3H3,(H,23,24). The first kappa shape index (κ1) is 21.2. The van der Waals surface area contributed by atoms with Crippen molar-refractivity contribution in [2.75, 3.05) is 4.72 Å². The Labute approximate surface area is 182 Å².